The number of hydrogen-bond acceptors (Lipinski definition) is 5. The number of aliphatic hydroxyl groups is 1. The van der Waals surface area contributed by atoms with Gasteiger partial charge in [-0.2, -0.15) is 0 Å². The summed E-state index contributed by atoms with van der Waals surface area (Å²) in [6.45, 7) is 5.24. The van der Waals surface area contributed by atoms with E-state index in [4.69, 9.17) is 0 Å². The zero-order chi connectivity index (χ0) is 25.2. The highest BCUT2D eigenvalue weighted by Gasteiger charge is 2.53. The van der Waals surface area contributed by atoms with Crippen LogP contribution in [0.2, 0.25) is 0 Å². The van der Waals surface area contributed by atoms with Gasteiger partial charge < -0.3 is 20.2 Å². The van der Waals surface area contributed by atoms with E-state index in [0.717, 1.165) is 75.9 Å². The Morgan fingerprint density at radius 3 is 2.59 bits per heavy atom. The molecule has 2 aromatic carbocycles. The second-order valence-electron chi connectivity index (χ2n) is 12.4. The molecule has 3 aliphatic heterocycles. The van der Waals surface area contributed by atoms with Crippen LogP contribution >= 0.6 is 0 Å². The first kappa shape index (κ1) is 23.2. The molecule has 2 N–H and O–H groups in total. The van der Waals surface area contributed by atoms with Gasteiger partial charge in [-0.1, -0.05) is 30.3 Å². The summed E-state index contributed by atoms with van der Waals surface area (Å²) >= 11 is 0. The van der Waals surface area contributed by atoms with Crippen LogP contribution < -0.4 is 5.32 Å². The normalized spacial score (nSPS) is 24.2. The van der Waals surface area contributed by atoms with Crippen molar-refractivity contribution in [2.45, 2.75) is 56.2 Å². The first-order chi connectivity index (χ1) is 17.9. The molecule has 2 spiro atoms. The second-order valence-corrected chi connectivity index (χ2v) is 12.4. The Morgan fingerprint density at radius 1 is 1.05 bits per heavy atom. The summed E-state index contributed by atoms with van der Waals surface area (Å²) in [5.41, 5.74) is 6.12. The predicted molar refractivity (Wildman–Crippen MR) is 141 cm³/mol. The van der Waals surface area contributed by atoms with Crippen molar-refractivity contribution in [3.05, 3.63) is 64.7 Å². The largest absolute Gasteiger partial charge is 0.390 e. The highest BCUT2D eigenvalue weighted by atomic mass is 16.3. The summed E-state index contributed by atoms with van der Waals surface area (Å²) in [6, 6.07) is 15.3. The fraction of sp³-hybridized carbons (Fsp3) is 0.533. The van der Waals surface area contributed by atoms with Gasteiger partial charge in [0.05, 0.1) is 6.10 Å². The molecule has 194 valence electrons. The third-order valence-electron chi connectivity index (χ3n) is 9.52. The molecule has 5 aliphatic rings. The van der Waals surface area contributed by atoms with Crippen LogP contribution in [0.3, 0.4) is 0 Å². The molecular weight excluding hydrogens is 464 g/mol. The monoisotopic (exact) mass is 500 g/mol. The van der Waals surface area contributed by atoms with E-state index in [1.54, 1.807) is 0 Å². The molecule has 2 amide bonds. The van der Waals surface area contributed by atoms with E-state index in [0.29, 0.717) is 31.1 Å². The number of carbonyl (C=O) groups is 2. The molecule has 7 heteroatoms. The molecule has 1 saturated heterocycles. The van der Waals surface area contributed by atoms with E-state index >= 15 is 0 Å². The quantitative estimate of drug-likeness (QED) is 0.572. The number of nitrogens with one attached hydrogen (secondary N) is 1. The van der Waals surface area contributed by atoms with Crippen molar-refractivity contribution in [3.63, 3.8) is 0 Å². The van der Waals surface area contributed by atoms with Gasteiger partial charge in [0, 0.05) is 73.9 Å². The van der Waals surface area contributed by atoms with Crippen LogP contribution in [0.4, 0.5) is 5.69 Å². The third-order valence-corrected chi connectivity index (χ3v) is 9.52. The second kappa shape index (κ2) is 8.57. The van der Waals surface area contributed by atoms with E-state index in [-0.39, 0.29) is 11.3 Å². The molecule has 0 aromatic heterocycles. The fourth-order valence-corrected chi connectivity index (χ4v) is 7.48. The first-order valence-electron chi connectivity index (χ1n) is 13.8. The van der Waals surface area contributed by atoms with Gasteiger partial charge in [0.15, 0.2) is 0 Å². The number of benzene rings is 2. The summed E-state index contributed by atoms with van der Waals surface area (Å²) in [4.78, 5) is 30.6. The smallest absolute Gasteiger partial charge is 0.254 e. The van der Waals surface area contributed by atoms with E-state index in [1.807, 2.05) is 15.9 Å². The Balaban J connectivity index is 1.00. The van der Waals surface area contributed by atoms with Gasteiger partial charge in [-0.15, -0.1) is 0 Å². The van der Waals surface area contributed by atoms with Crippen molar-refractivity contribution in [3.8, 4) is 0 Å². The number of nitrogens with zero attached hydrogens (tertiary/aromatic N) is 3. The lowest BCUT2D eigenvalue weighted by molar-refractivity contribution is -0.136. The Kier molecular flexibility index (Phi) is 5.38. The Hall–Kier alpha value is -2.90. The number of hydrogen-bond donors (Lipinski definition) is 2. The van der Waals surface area contributed by atoms with Gasteiger partial charge in [-0.25, -0.2) is 0 Å². The molecule has 0 radical (unpaired) electrons. The topological polar surface area (TPSA) is 76.1 Å². The molecule has 1 unspecified atom stereocenters. The van der Waals surface area contributed by atoms with Gasteiger partial charge in [-0.3, -0.25) is 14.5 Å². The maximum Gasteiger partial charge on any atom is 0.254 e. The van der Waals surface area contributed by atoms with Crippen LogP contribution in [0.25, 0.3) is 0 Å². The van der Waals surface area contributed by atoms with Crippen molar-refractivity contribution in [2.75, 3.05) is 44.6 Å². The molecule has 37 heavy (non-hydrogen) atoms. The molecule has 2 aromatic rings. The van der Waals surface area contributed by atoms with Crippen LogP contribution in [-0.4, -0.2) is 83.5 Å². The molecule has 2 aliphatic carbocycles. The molecule has 3 fully saturated rings. The van der Waals surface area contributed by atoms with E-state index in [2.05, 4.69) is 46.6 Å². The van der Waals surface area contributed by atoms with E-state index in [9.17, 15) is 14.7 Å². The SMILES string of the molecule is O=CN1CC2(CC(Nc3ccc4c(c3)C(=O)N(CC(O)CN3CCc5ccccc5C3)CC43CC3)C2)C1. The highest BCUT2D eigenvalue weighted by Crippen LogP contribution is 2.53. The van der Waals surface area contributed by atoms with Crippen LogP contribution in [0.5, 0.6) is 0 Å². The average molecular weight is 501 g/mol. The van der Waals surface area contributed by atoms with Gasteiger partial charge in [-0.05, 0) is 60.9 Å². The number of rotatable bonds is 7. The molecular formula is C30H36N4O3. The summed E-state index contributed by atoms with van der Waals surface area (Å²) in [6.07, 6.45) is 5.75. The third kappa shape index (κ3) is 4.12. The summed E-state index contributed by atoms with van der Waals surface area (Å²) in [7, 11) is 0. The lowest BCUT2D eigenvalue weighted by Crippen LogP contribution is -2.64. The van der Waals surface area contributed by atoms with Crippen LogP contribution in [0.15, 0.2) is 42.5 Å². The number of carbonyl (C=O) groups excluding carboxylic acids is 2. The van der Waals surface area contributed by atoms with Crippen LogP contribution in [-0.2, 0) is 23.2 Å². The minimum absolute atomic E-state index is 0.0462. The molecule has 7 nitrogen and oxygen atoms in total. The van der Waals surface area contributed by atoms with Crippen LogP contribution in [0.1, 0.15) is 52.7 Å². The lowest BCUT2D eigenvalue weighted by atomic mass is 9.61. The predicted octanol–water partition coefficient (Wildman–Crippen LogP) is 2.63. The van der Waals surface area contributed by atoms with Crippen molar-refractivity contribution < 1.29 is 14.7 Å². The van der Waals surface area contributed by atoms with Gasteiger partial charge in [0.1, 0.15) is 0 Å². The molecule has 0 bridgehead atoms. The number of amides is 2. The molecule has 2 saturated carbocycles. The van der Waals surface area contributed by atoms with Gasteiger partial charge in [0.2, 0.25) is 6.41 Å². The van der Waals surface area contributed by atoms with E-state index in [1.165, 1.54) is 16.7 Å². The highest BCUT2D eigenvalue weighted by molar-refractivity contribution is 5.98. The van der Waals surface area contributed by atoms with E-state index < -0.39 is 6.10 Å². The summed E-state index contributed by atoms with van der Waals surface area (Å²) in [5, 5.41) is 14.6. The standard InChI is InChI=1S/C30H36N4O3/c35-20-33-17-29(18-33)12-24(13-29)31-23-5-6-27-26(11-23)28(37)34(19-30(27)8-9-30)16-25(36)15-32-10-7-21-3-1-2-4-22(21)14-32/h1-6,11,20,24-25,31,36H,7-10,12-19H2. The maximum atomic E-state index is 13.6. The molecule has 3 heterocycles. The number of β-amino-alcohol motifs (C(OH)–C–C–N with tert-alkyl or cyclic N) is 1. The number of likely N-dealkylation sites (tertiary alicyclic amines) is 1. The minimum atomic E-state index is -0.563. The number of aliphatic hydroxyl groups excluding tert-OH is 1. The zero-order valence-corrected chi connectivity index (χ0v) is 21.4. The molecule has 1 atom stereocenters. The van der Waals surface area contributed by atoms with Crippen LogP contribution in [0, 0.1) is 5.41 Å². The summed E-state index contributed by atoms with van der Waals surface area (Å²) in [5.74, 6) is 0.0462. The fourth-order valence-electron chi connectivity index (χ4n) is 7.48. The Bertz CT molecular complexity index is 1230. The summed E-state index contributed by atoms with van der Waals surface area (Å²) < 4.78 is 0. The lowest BCUT2D eigenvalue weighted by Gasteiger charge is -2.58. The number of anilines is 1. The van der Waals surface area contributed by atoms with Crippen molar-refractivity contribution in [1.29, 1.82) is 0 Å². The Morgan fingerprint density at radius 2 is 1.84 bits per heavy atom. The maximum absolute atomic E-state index is 13.6. The zero-order valence-electron chi connectivity index (χ0n) is 21.4. The van der Waals surface area contributed by atoms with Crippen molar-refractivity contribution in [2.24, 2.45) is 5.41 Å². The number of fused-ring (bicyclic) bond motifs is 3. The van der Waals surface area contributed by atoms with Gasteiger partial charge in [0.25, 0.3) is 5.91 Å². The Labute approximate surface area is 218 Å². The average Bonchev–Trinajstić information content (AvgIpc) is 3.63. The molecule has 7 rings (SSSR count). The van der Waals surface area contributed by atoms with Gasteiger partial charge >= 0.3 is 0 Å². The van der Waals surface area contributed by atoms with Crippen molar-refractivity contribution in [1.82, 2.24) is 14.7 Å². The van der Waals surface area contributed by atoms with Crippen molar-refractivity contribution >= 4 is 18.0 Å². The minimum Gasteiger partial charge on any atom is -0.390 e. The first-order valence-corrected chi connectivity index (χ1v) is 13.8.